The maximum absolute atomic E-state index is 11.6. The number of likely N-dealkylation sites (tertiary alicyclic amines) is 1. The number of nitrogens with zero attached hydrogens (tertiary/aromatic N) is 3. The predicted molar refractivity (Wildman–Crippen MR) is 117 cm³/mol. The van der Waals surface area contributed by atoms with Crippen LogP contribution in [0, 0.1) is 5.92 Å². The molecule has 1 fully saturated rings. The van der Waals surface area contributed by atoms with Gasteiger partial charge in [-0.25, -0.2) is 8.42 Å². The first-order valence-electron chi connectivity index (χ1n) is 10.4. The van der Waals surface area contributed by atoms with Crippen molar-refractivity contribution in [3.63, 3.8) is 0 Å². The molecule has 1 aliphatic heterocycles. The van der Waals surface area contributed by atoms with Gasteiger partial charge in [-0.2, -0.15) is 0 Å². The minimum atomic E-state index is -3.14. The van der Waals surface area contributed by atoms with Crippen LogP contribution in [0.15, 0.2) is 34.2 Å². The molecule has 0 amide bonds. The van der Waals surface area contributed by atoms with Gasteiger partial charge in [-0.3, -0.25) is 4.99 Å². The Labute approximate surface area is 170 Å². The predicted octanol–water partition coefficient (Wildman–Crippen LogP) is 2.26. The van der Waals surface area contributed by atoms with Crippen molar-refractivity contribution in [1.82, 2.24) is 15.1 Å². The van der Waals surface area contributed by atoms with Crippen LogP contribution in [-0.4, -0.2) is 76.2 Å². The Bertz CT molecular complexity index is 727. The zero-order valence-corrected chi connectivity index (χ0v) is 18.6. The lowest BCUT2D eigenvalue weighted by Gasteiger charge is -2.24. The highest BCUT2D eigenvalue weighted by atomic mass is 32.2. The van der Waals surface area contributed by atoms with Gasteiger partial charge in [0.05, 0.1) is 4.90 Å². The summed E-state index contributed by atoms with van der Waals surface area (Å²) in [7, 11) is -3.14. The second kappa shape index (κ2) is 10.8. The van der Waals surface area contributed by atoms with Crippen LogP contribution in [0.5, 0.6) is 0 Å². The largest absolute Gasteiger partial charge is 0.357 e. The molecule has 2 rings (SSSR count). The molecule has 1 aliphatic rings. The van der Waals surface area contributed by atoms with Crippen molar-refractivity contribution < 1.29 is 8.42 Å². The number of hydrogen-bond donors (Lipinski definition) is 1. The first kappa shape index (κ1) is 22.7. The molecule has 1 heterocycles. The van der Waals surface area contributed by atoms with Gasteiger partial charge in [-0.05, 0) is 56.5 Å². The van der Waals surface area contributed by atoms with E-state index in [1.807, 2.05) is 12.1 Å². The Kier molecular flexibility index (Phi) is 8.76. The van der Waals surface area contributed by atoms with Crippen LogP contribution < -0.4 is 5.32 Å². The van der Waals surface area contributed by atoms with E-state index in [0.29, 0.717) is 17.4 Å². The normalized spacial score (nSPS) is 18.1. The van der Waals surface area contributed by atoms with Crippen LogP contribution in [0.1, 0.15) is 32.8 Å². The molecule has 0 bridgehead atoms. The molecular formula is C21H36N4O2S. The molecule has 0 radical (unpaired) electrons. The topological polar surface area (TPSA) is 65.0 Å². The Morgan fingerprint density at radius 1 is 1.21 bits per heavy atom. The quantitative estimate of drug-likeness (QED) is 0.502. The summed E-state index contributed by atoms with van der Waals surface area (Å²) in [6.45, 7) is 13.6. The van der Waals surface area contributed by atoms with Gasteiger partial charge in [-0.1, -0.05) is 26.0 Å². The lowest BCUT2D eigenvalue weighted by atomic mass is 10.1. The van der Waals surface area contributed by atoms with Gasteiger partial charge in [0.1, 0.15) is 0 Å². The maximum Gasteiger partial charge on any atom is 0.193 e. The van der Waals surface area contributed by atoms with Gasteiger partial charge < -0.3 is 15.1 Å². The number of guanidine groups is 1. The summed E-state index contributed by atoms with van der Waals surface area (Å²) in [6, 6.07) is 7.12. The van der Waals surface area contributed by atoms with Gasteiger partial charge in [-0.15, -0.1) is 0 Å². The van der Waals surface area contributed by atoms with Crippen LogP contribution in [0.4, 0.5) is 0 Å². The number of benzene rings is 1. The molecule has 0 saturated carbocycles. The van der Waals surface area contributed by atoms with Crippen molar-refractivity contribution in [3.05, 3.63) is 29.8 Å². The first-order valence-corrected chi connectivity index (χ1v) is 12.3. The average Bonchev–Trinajstić information content (AvgIpc) is 3.13. The Morgan fingerprint density at radius 2 is 1.89 bits per heavy atom. The lowest BCUT2D eigenvalue weighted by Crippen LogP contribution is -2.41. The third kappa shape index (κ3) is 6.78. The molecule has 1 atom stereocenters. The summed E-state index contributed by atoms with van der Waals surface area (Å²) in [5, 5.41) is 3.42. The molecule has 0 aromatic heterocycles. The maximum atomic E-state index is 11.6. The molecular weight excluding hydrogens is 372 g/mol. The summed E-state index contributed by atoms with van der Waals surface area (Å²) in [6.07, 6.45) is 3.25. The minimum absolute atomic E-state index is 0.365. The standard InChI is InChI=1S/C21H36N4O2S/c1-5-22-21(25-15-13-19(17-25)16-24(6-2)7-3)23-14-12-18-8-10-20(11-9-18)28(4,26)27/h8-11,19H,5-7,12-17H2,1-4H3,(H,22,23). The minimum Gasteiger partial charge on any atom is -0.357 e. The molecule has 6 nitrogen and oxygen atoms in total. The van der Waals surface area contributed by atoms with E-state index in [2.05, 4.69) is 35.9 Å². The second-order valence-corrected chi connectivity index (χ2v) is 9.50. The van der Waals surface area contributed by atoms with Crippen LogP contribution in [0.3, 0.4) is 0 Å². The molecule has 28 heavy (non-hydrogen) atoms. The van der Waals surface area contributed by atoms with Gasteiger partial charge >= 0.3 is 0 Å². The fourth-order valence-electron chi connectivity index (χ4n) is 3.64. The van der Waals surface area contributed by atoms with E-state index in [1.54, 1.807) is 12.1 Å². The summed E-state index contributed by atoms with van der Waals surface area (Å²) < 4.78 is 23.1. The van der Waals surface area contributed by atoms with E-state index < -0.39 is 9.84 Å². The average molecular weight is 409 g/mol. The van der Waals surface area contributed by atoms with Crippen molar-refractivity contribution in [3.8, 4) is 0 Å². The van der Waals surface area contributed by atoms with E-state index in [9.17, 15) is 8.42 Å². The number of sulfone groups is 1. The lowest BCUT2D eigenvalue weighted by molar-refractivity contribution is 0.255. The Morgan fingerprint density at radius 3 is 2.46 bits per heavy atom. The van der Waals surface area contributed by atoms with Gasteiger partial charge in [0, 0.05) is 39.0 Å². The molecule has 1 aromatic rings. The fraction of sp³-hybridized carbons (Fsp3) is 0.667. The third-order valence-electron chi connectivity index (χ3n) is 5.34. The smallest absolute Gasteiger partial charge is 0.193 e. The number of nitrogens with one attached hydrogen (secondary N) is 1. The highest BCUT2D eigenvalue weighted by Crippen LogP contribution is 2.18. The number of rotatable bonds is 9. The second-order valence-electron chi connectivity index (χ2n) is 7.49. The van der Waals surface area contributed by atoms with E-state index in [4.69, 9.17) is 4.99 Å². The van der Waals surface area contributed by atoms with Crippen molar-refractivity contribution in [2.24, 2.45) is 10.9 Å². The van der Waals surface area contributed by atoms with Crippen LogP contribution in [0.25, 0.3) is 0 Å². The van der Waals surface area contributed by atoms with Crippen LogP contribution in [-0.2, 0) is 16.3 Å². The van der Waals surface area contributed by atoms with Gasteiger partial charge in [0.25, 0.3) is 0 Å². The van der Waals surface area contributed by atoms with Crippen molar-refractivity contribution in [2.75, 3.05) is 52.1 Å². The van der Waals surface area contributed by atoms with Crippen molar-refractivity contribution in [1.29, 1.82) is 0 Å². The molecule has 7 heteroatoms. The highest BCUT2D eigenvalue weighted by molar-refractivity contribution is 7.90. The van der Waals surface area contributed by atoms with E-state index in [0.717, 1.165) is 57.2 Å². The SMILES string of the molecule is CCNC(=NCCc1ccc(S(C)(=O)=O)cc1)N1CCC(CN(CC)CC)C1. The zero-order valence-electron chi connectivity index (χ0n) is 17.8. The van der Waals surface area contributed by atoms with Crippen molar-refractivity contribution in [2.45, 2.75) is 38.5 Å². The molecule has 1 N–H and O–H groups in total. The highest BCUT2D eigenvalue weighted by Gasteiger charge is 2.25. The molecule has 0 aliphatic carbocycles. The molecule has 1 saturated heterocycles. The monoisotopic (exact) mass is 408 g/mol. The van der Waals surface area contributed by atoms with Crippen LogP contribution in [0.2, 0.25) is 0 Å². The molecule has 0 spiro atoms. The Hall–Kier alpha value is -1.60. The summed E-state index contributed by atoms with van der Waals surface area (Å²) in [5.41, 5.74) is 1.10. The fourth-order valence-corrected chi connectivity index (χ4v) is 4.27. The van der Waals surface area contributed by atoms with E-state index >= 15 is 0 Å². The van der Waals surface area contributed by atoms with Gasteiger partial charge in [0.15, 0.2) is 15.8 Å². The van der Waals surface area contributed by atoms with Crippen molar-refractivity contribution >= 4 is 15.8 Å². The molecule has 158 valence electrons. The summed E-state index contributed by atoms with van der Waals surface area (Å²) in [5.74, 6) is 1.70. The van der Waals surface area contributed by atoms with E-state index in [1.165, 1.54) is 12.7 Å². The third-order valence-corrected chi connectivity index (χ3v) is 6.47. The van der Waals surface area contributed by atoms with Crippen LogP contribution >= 0.6 is 0 Å². The van der Waals surface area contributed by atoms with Gasteiger partial charge in [0.2, 0.25) is 0 Å². The Balaban J connectivity index is 1.92. The first-order chi connectivity index (χ1) is 13.4. The molecule has 1 aromatic carbocycles. The van der Waals surface area contributed by atoms with E-state index in [-0.39, 0.29) is 0 Å². The molecule has 1 unspecified atom stereocenters. The summed E-state index contributed by atoms with van der Waals surface area (Å²) in [4.78, 5) is 10.1. The number of hydrogen-bond acceptors (Lipinski definition) is 4. The zero-order chi connectivity index (χ0) is 20.6. The number of aliphatic imine (C=N–C) groups is 1. The summed E-state index contributed by atoms with van der Waals surface area (Å²) >= 11 is 0.